The quantitative estimate of drug-likeness (QED) is 0.850. The molecule has 6 nitrogen and oxygen atoms in total. The smallest absolute Gasteiger partial charge is 0.231 e. The molecular weight excluding hydrogens is 270 g/mol. The zero-order chi connectivity index (χ0) is 14.7. The molecule has 21 heavy (non-hydrogen) atoms. The molecule has 1 saturated heterocycles. The third-order valence-corrected chi connectivity index (χ3v) is 4.88. The highest BCUT2D eigenvalue weighted by molar-refractivity contribution is 5.04. The predicted molar refractivity (Wildman–Crippen MR) is 77.0 cm³/mol. The molecule has 0 unspecified atom stereocenters. The van der Waals surface area contributed by atoms with Crippen LogP contribution in [-0.4, -0.2) is 59.6 Å². The summed E-state index contributed by atoms with van der Waals surface area (Å²) in [6.45, 7) is 2.66. The van der Waals surface area contributed by atoms with Crippen LogP contribution in [0, 0.1) is 5.92 Å². The molecule has 6 heteroatoms. The first-order valence-electron chi connectivity index (χ1n) is 7.98. The molecule has 0 radical (unpaired) electrons. The van der Waals surface area contributed by atoms with Crippen LogP contribution in [0.4, 0.5) is 0 Å². The Morgan fingerprint density at radius 1 is 1.33 bits per heavy atom. The number of methoxy groups -OCH3 is 1. The second-order valence-corrected chi connectivity index (χ2v) is 6.23. The van der Waals surface area contributed by atoms with Crippen LogP contribution in [-0.2, 0) is 11.2 Å². The minimum atomic E-state index is 0.166. The topological polar surface area (TPSA) is 71.6 Å². The number of hydrogen-bond donors (Lipinski definition) is 1. The van der Waals surface area contributed by atoms with Crippen LogP contribution in [0.3, 0.4) is 0 Å². The van der Waals surface area contributed by atoms with E-state index in [4.69, 9.17) is 9.26 Å². The van der Waals surface area contributed by atoms with Crippen LogP contribution in [0.1, 0.15) is 43.3 Å². The Bertz CT molecular complexity index is 445. The highest BCUT2D eigenvalue weighted by Gasteiger charge is 2.40. The van der Waals surface area contributed by atoms with Crippen LogP contribution in [0.5, 0.6) is 0 Å². The van der Waals surface area contributed by atoms with Crippen molar-refractivity contribution in [1.82, 2.24) is 15.0 Å². The van der Waals surface area contributed by atoms with Crippen LogP contribution < -0.4 is 0 Å². The molecule has 0 bridgehead atoms. The van der Waals surface area contributed by atoms with Gasteiger partial charge in [0.25, 0.3) is 0 Å². The van der Waals surface area contributed by atoms with Gasteiger partial charge in [-0.1, -0.05) is 18.0 Å². The van der Waals surface area contributed by atoms with Gasteiger partial charge in [-0.15, -0.1) is 0 Å². The minimum Gasteiger partial charge on any atom is -0.396 e. The van der Waals surface area contributed by atoms with Crippen molar-refractivity contribution in [3.8, 4) is 0 Å². The molecule has 2 aliphatic rings. The van der Waals surface area contributed by atoms with Gasteiger partial charge in [0, 0.05) is 45.2 Å². The standard InChI is InChI=1S/C15H25N3O3/c1-20-7-6-14-16-15(21-17-14)13-9-18(8-11(13)10-19)12-4-2-3-5-12/h11-13,19H,2-10H2,1H3/t11-,13+/m0/s1. The van der Waals surface area contributed by atoms with Crippen molar-refractivity contribution >= 4 is 0 Å². The Labute approximate surface area is 125 Å². The van der Waals surface area contributed by atoms with E-state index in [9.17, 15) is 5.11 Å². The van der Waals surface area contributed by atoms with Gasteiger partial charge in [0.05, 0.1) is 12.5 Å². The minimum absolute atomic E-state index is 0.166. The number of rotatable bonds is 6. The van der Waals surface area contributed by atoms with Gasteiger partial charge in [-0.2, -0.15) is 4.98 Å². The molecule has 0 amide bonds. The van der Waals surface area contributed by atoms with Crippen molar-refractivity contribution in [3.05, 3.63) is 11.7 Å². The number of aliphatic hydroxyl groups is 1. The molecule has 118 valence electrons. The number of hydrogen-bond acceptors (Lipinski definition) is 6. The monoisotopic (exact) mass is 295 g/mol. The van der Waals surface area contributed by atoms with Crippen molar-refractivity contribution in [1.29, 1.82) is 0 Å². The van der Waals surface area contributed by atoms with E-state index in [1.54, 1.807) is 7.11 Å². The van der Waals surface area contributed by atoms with E-state index in [1.807, 2.05) is 0 Å². The van der Waals surface area contributed by atoms with Crippen molar-refractivity contribution in [2.24, 2.45) is 5.92 Å². The molecule has 2 fully saturated rings. The highest BCUT2D eigenvalue weighted by Crippen LogP contribution is 2.36. The summed E-state index contributed by atoms with van der Waals surface area (Å²) in [6.07, 6.45) is 5.90. The Kier molecular flexibility index (Phi) is 4.87. The molecular formula is C15H25N3O3. The summed E-state index contributed by atoms with van der Waals surface area (Å²) < 4.78 is 10.5. The zero-order valence-electron chi connectivity index (χ0n) is 12.7. The van der Waals surface area contributed by atoms with Gasteiger partial charge in [-0.25, -0.2) is 0 Å². The summed E-state index contributed by atoms with van der Waals surface area (Å²) in [5, 5.41) is 13.7. The average molecular weight is 295 g/mol. The summed E-state index contributed by atoms with van der Waals surface area (Å²) >= 11 is 0. The third-order valence-electron chi connectivity index (χ3n) is 4.88. The van der Waals surface area contributed by atoms with E-state index in [0.29, 0.717) is 30.8 Å². The lowest BCUT2D eigenvalue weighted by Gasteiger charge is -2.23. The first-order chi connectivity index (χ1) is 10.3. The average Bonchev–Trinajstić information content (AvgIpc) is 3.22. The molecule has 1 aromatic heterocycles. The van der Waals surface area contributed by atoms with E-state index in [-0.39, 0.29) is 18.4 Å². The van der Waals surface area contributed by atoms with Gasteiger partial charge in [0.2, 0.25) is 5.89 Å². The van der Waals surface area contributed by atoms with Crippen molar-refractivity contribution in [3.63, 3.8) is 0 Å². The number of likely N-dealkylation sites (tertiary alicyclic amines) is 1. The maximum atomic E-state index is 9.67. The molecule has 0 spiro atoms. The van der Waals surface area contributed by atoms with Crippen LogP contribution in [0.25, 0.3) is 0 Å². The predicted octanol–water partition coefficient (Wildman–Crippen LogP) is 1.21. The van der Waals surface area contributed by atoms with Gasteiger partial charge < -0.3 is 14.4 Å². The zero-order valence-corrected chi connectivity index (χ0v) is 12.7. The highest BCUT2D eigenvalue weighted by atomic mass is 16.5. The maximum absolute atomic E-state index is 9.67. The molecule has 0 aromatic carbocycles. The second kappa shape index (κ2) is 6.85. The van der Waals surface area contributed by atoms with Gasteiger partial charge in [0.15, 0.2) is 5.82 Å². The van der Waals surface area contributed by atoms with Gasteiger partial charge >= 0.3 is 0 Å². The molecule has 1 aliphatic carbocycles. The first-order valence-corrected chi connectivity index (χ1v) is 7.98. The Balaban J connectivity index is 1.66. The number of aromatic nitrogens is 2. The molecule has 2 atom stereocenters. The first kappa shape index (κ1) is 14.9. The Morgan fingerprint density at radius 3 is 2.86 bits per heavy atom. The molecule has 2 heterocycles. The number of ether oxygens (including phenoxy) is 1. The van der Waals surface area contributed by atoms with E-state index in [2.05, 4.69) is 15.0 Å². The van der Waals surface area contributed by atoms with Crippen molar-refractivity contribution < 1.29 is 14.4 Å². The number of nitrogens with zero attached hydrogens (tertiary/aromatic N) is 3. The van der Waals surface area contributed by atoms with Gasteiger partial charge in [-0.05, 0) is 12.8 Å². The SMILES string of the molecule is COCCc1noc([C@@H]2CN(C3CCCC3)C[C@H]2CO)n1. The molecule has 3 rings (SSSR count). The number of aliphatic hydroxyl groups excluding tert-OH is 1. The Hall–Kier alpha value is -0.980. The van der Waals surface area contributed by atoms with Gasteiger partial charge in [-0.3, -0.25) is 4.90 Å². The maximum Gasteiger partial charge on any atom is 0.231 e. The van der Waals surface area contributed by atoms with Crippen LogP contribution in [0.2, 0.25) is 0 Å². The van der Waals surface area contributed by atoms with Crippen molar-refractivity contribution in [2.45, 2.75) is 44.1 Å². The van der Waals surface area contributed by atoms with E-state index in [0.717, 1.165) is 13.1 Å². The normalized spacial score (nSPS) is 27.7. The van der Waals surface area contributed by atoms with E-state index >= 15 is 0 Å². The fraction of sp³-hybridized carbons (Fsp3) is 0.867. The van der Waals surface area contributed by atoms with Crippen molar-refractivity contribution in [2.75, 3.05) is 33.4 Å². The Morgan fingerprint density at radius 2 is 2.14 bits per heavy atom. The molecule has 1 N–H and O–H groups in total. The molecule has 1 aliphatic heterocycles. The summed E-state index contributed by atoms with van der Waals surface area (Å²) in [5.41, 5.74) is 0. The lowest BCUT2D eigenvalue weighted by molar-refractivity contribution is 0.193. The van der Waals surface area contributed by atoms with Gasteiger partial charge in [0.1, 0.15) is 0 Å². The van der Waals surface area contributed by atoms with Crippen LogP contribution in [0.15, 0.2) is 4.52 Å². The lowest BCUT2D eigenvalue weighted by atomic mass is 9.97. The second-order valence-electron chi connectivity index (χ2n) is 6.23. The fourth-order valence-corrected chi connectivity index (χ4v) is 3.65. The lowest BCUT2D eigenvalue weighted by Crippen LogP contribution is -2.31. The van der Waals surface area contributed by atoms with E-state index < -0.39 is 0 Å². The third kappa shape index (κ3) is 3.27. The fourth-order valence-electron chi connectivity index (χ4n) is 3.65. The summed E-state index contributed by atoms with van der Waals surface area (Å²) in [5.74, 6) is 1.75. The largest absolute Gasteiger partial charge is 0.396 e. The summed E-state index contributed by atoms with van der Waals surface area (Å²) in [4.78, 5) is 7.00. The van der Waals surface area contributed by atoms with Crippen LogP contribution >= 0.6 is 0 Å². The molecule has 1 saturated carbocycles. The summed E-state index contributed by atoms with van der Waals surface area (Å²) in [7, 11) is 1.67. The van der Waals surface area contributed by atoms with E-state index in [1.165, 1.54) is 25.7 Å². The molecule has 1 aromatic rings. The summed E-state index contributed by atoms with van der Waals surface area (Å²) in [6, 6.07) is 0.680.